The maximum absolute atomic E-state index is 12.3. The van der Waals surface area contributed by atoms with Crippen LogP contribution in [0.25, 0.3) is 22.9 Å². The van der Waals surface area contributed by atoms with Crippen LogP contribution in [0.2, 0.25) is 0 Å². The van der Waals surface area contributed by atoms with Crippen molar-refractivity contribution >= 4 is 39.2 Å². The van der Waals surface area contributed by atoms with Gasteiger partial charge in [-0.2, -0.15) is 0 Å². The summed E-state index contributed by atoms with van der Waals surface area (Å²) >= 11 is 0. The first kappa shape index (κ1) is 22.1. The molecule has 0 fully saturated rings. The van der Waals surface area contributed by atoms with E-state index < -0.39 is 15.6 Å². The van der Waals surface area contributed by atoms with Crippen molar-refractivity contribution in [2.24, 2.45) is 10.1 Å². The van der Waals surface area contributed by atoms with Gasteiger partial charge in [-0.05, 0) is 41.5 Å². The SMILES string of the molecule is NS(=O)(=O)c1ccc(CN=Cc2c(O)[nH]c(=O)c3ccc(/C=C/c4cnccn4)cc23)cc1. The Labute approximate surface area is 189 Å². The smallest absolute Gasteiger partial charge is 0.258 e. The molecule has 0 atom stereocenters. The second kappa shape index (κ2) is 9.15. The molecule has 0 aliphatic heterocycles. The fourth-order valence-corrected chi connectivity index (χ4v) is 3.71. The molecule has 2 heterocycles. The molecular weight excluding hydrogens is 442 g/mol. The van der Waals surface area contributed by atoms with Crippen LogP contribution in [0.15, 0.2) is 75.7 Å². The van der Waals surface area contributed by atoms with Gasteiger partial charge >= 0.3 is 0 Å². The molecule has 0 bridgehead atoms. The van der Waals surface area contributed by atoms with Gasteiger partial charge in [0, 0.05) is 29.4 Å². The van der Waals surface area contributed by atoms with Gasteiger partial charge in [-0.25, -0.2) is 13.6 Å². The van der Waals surface area contributed by atoms with Gasteiger partial charge < -0.3 is 5.11 Å². The number of hydrogen-bond donors (Lipinski definition) is 3. The summed E-state index contributed by atoms with van der Waals surface area (Å²) in [4.78, 5) is 27.3. The Balaban J connectivity index is 1.64. The van der Waals surface area contributed by atoms with Crippen molar-refractivity contribution in [1.82, 2.24) is 15.0 Å². The van der Waals surface area contributed by atoms with Crippen LogP contribution in [-0.4, -0.2) is 34.7 Å². The van der Waals surface area contributed by atoms with E-state index in [4.69, 9.17) is 5.14 Å². The summed E-state index contributed by atoms with van der Waals surface area (Å²) < 4.78 is 22.7. The minimum absolute atomic E-state index is 0.0153. The molecule has 9 nitrogen and oxygen atoms in total. The number of nitrogens with one attached hydrogen (secondary N) is 1. The van der Waals surface area contributed by atoms with Gasteiger partial charge in [-0.1, -0.05) is 24.3 Å². The van der Waals surface area contributed by atoms with Gasteiger partial charge in [0.15, 0.2) is 0 Å². The predicted octanol–water partition coefficient (Wildman–Crippen LogP) is 2.46. The number of sulfonamides is 1. The summed E-state index contributed by atoms with van der Waals surface area (Å²) in [7, 11) is -3.76. The van der Waals surface area contributed by atoms with E-state index in [1.54, 1.807) is 55.0 Å². The standard InChI is InChI=1S/C23H19N5O4S/c24-33(31,32)18-6-2-16(3-7-18)12-26-14-21-20-11-15(1-5-17-13-25-9-10-27-17)4-8-19(20)22(29)28-23(21)30/h1-11,13-14H,12H2,(H2,24,31,32)(H2,28,29,30)/b5-1+,26-14?. The molecule has 4 N–H and O–H groups in total. The molecule has 0 saturated carbocycles. The number of pyridine rings is 1. The van der Waals surface area contributed by atoms with Gasteiger partial charge in [0.1, 0.15) is 0 Å². The number of aromatic hydroxyl groups is 1. The van der Waals surface area contributed by atoms with Crippen molar-refractivity contribution < 1.29 is 13.5 Å². The quantitative estimate of drug-likeness (QED) is 0.375. The van der Waals surface area contributed by atoms with Gasteiger partial charge in [0.2, 0.25) is 15.9 Å². The molecule has 0 aliphatic rings. The number of nitrogens with zero attached hydrogens (tertiary/aromatic N) is 3. The summed E-state index contributed by atoms with van der Waals surface area (Å²) in [5.41, 5.74) is 2.18. The van der Waals surface area contributed by atoms with E-state index in [2.05, 4.69) is 19.9 Å². The van der Waals surface area contributed by atoms with Crippen molar-refractivity contribution in [3.8, 4) is 5.88 Å². The average molecular weight is 462 g/mol. The largest absolute Gasteiger partial charge is 0.494 e. The van der Waals surface area contributed by atoms with E-state index in [0.717, 1.165) is 11.1 Å². The molecule has 4 rings (SSSR count). The number of rotatable bonds is 6. The summed E-state index contributed by atoms with van der Waals surface area (Å²) in [5.74, 6) is -0.295. The predicted molar refractivity (Wildman–Crippen MR) is 126 cm³/mol. The zero-order valence-corrected chi connectivity index (χ0v) is 18.0. The Hall–Kier alpha value is -4.15. The highest BCUT2D eigenvalue weighted by molar-refractivity contribution is 7.89. The number of primary sulfonamides is 1. The van der Waals surface area contributed by atoms with Crippen LogP contribution in [0.3, 0.4) is 0 Å². The van der Waals surface area contributed by atoms with Crippen molar-refractivity contribution in [2.75, 3.05) is 0 Å². The minimum Gasteiger partial charge on any atom is -0.494 e. The summed E-state index contributed by atoms with van der Waals surface area (Å²) in [6.07, 6.45) is 9.89. The number of benzene rings is 2. The highest BCUT2D eigenvalue weighted by Gasteiger charge is 2.10. The molecule has 0 aliphatic carbocycles. The minimum atomic E-state index is -3.76. The molecule has 0 radical (unpaired) electrons. The maximum Gasteiger partial charge on any atom is 0.258 e. The number of nitrogens with two attached hydrogens (primary N) is 1. The van der Waals surface area contributed by atoms with Crippen LogP contribution in [0.5, 0.6) is 5.88 Å². The van der Waals surface area contributed by atoms with E-state index in [-0.39, 0.29) is 17.3 Å². The first-order valence-electron chi connectivity index (χ1n) is 9.76. The molecule has 0 saturated heterocycles. The molecule has 2 aromatic carbocycles. The monoisotopic (exact) mass is 461 g/mol. The lowest BCUT2D eigenvalue weighted by atomic mass is 10.0. The second-order valence-corrected chi connectivity index (χ2v) is 8.71. The number of aliphatic imine (C=N–C) groups is 1. The molecule has 166 valence electrons. The fraction of sp³-hybridized carbons (Fsp3) is 0.0435. The number of aromatic amines is 1. The van der Waals surface area contributed by atoms with Gasteiger partial charge in [0.25, 0.3) is 5.56 Å². The number of aromatic nitrogens is 3. The van der Waals surface area contributed by atoms with Crippen LogP contribution in [0.4, 0.5) is 0 Å². The summed E-state index contributed by atoms with van der Waals surface area (Å²) in [6.45, 7) is 0.233. The lowest BCUT2D eigenvalue weighted by Gasteiger charge is -2.06. The third-order valence-electron chi connectivity index (χ3n) is 4.84. The van der Waals surface area contributed by atoms with Crippen molar-refractivity contribution in [3.63, 3.8) is 0 Å². The Morgan fingerprint density at radius 1 is 1.06 bits per heavy atom. The van der Waals surface area contributed by atoms with Gasteiger partial charge in [-0.3, -0.25) is 24.7 Å². The molecule has 0 spiro atoms. The van der Waals surface area contributed by atoms with E-state index in [1.165, 1.54) is 18.3 Å². The fourth-order valence-electron chi connectivity index (χ4n) is 3.19. The van der Waals surface area contributed by atoms with E-state index in [9.17, 15) is 18.3 Å². The molecule has 10 heteroatoms. The Bertz CT molecular complexity index is 1530. The normalized spacial score (nSPS) is 12.2. The van der Waals surface area contributed by atoms with E-state index in [0.29, 0.717) is 22.0 Å². The van der Waals surface area contributed by atoms with Crippen LogP contribution < -0.4 is 10.7 Å². The van der Waals surface area contributed by atoms with Gasteiger partial charge in [0.05, 0.1) is 28.9 Å². The van der Waals surface area contributed by atoms with E-state index >= 15 is 0 Å². The third kappa shape index (κ3) is 5.20. The molecule has 4 aromatic rings. The highest BCUT2D eigenvalue weighted by Crippen LogP contribution is 2.23. The van der Waals surface area contributed by atoms with Crippen LogP contribution in [0.1, 0.15) is 22.4 Å². The molecule has 2 aromatic heterocycles. The van der Waals surface area contributed by atoms with Gasteiger partial charge in [-0.15, -0.1) is 0 Å². The summed E-state index contributed by atoms with van der Waals surface area (Å²) in [6, 6.07) is 11.3. The van der Waals surface area contributed by atoms with Crippen LogP contribution >= 0.6 is 0 Å². The number of hydrogen-bond acceptors (Lipinski definition) is 7. The zero-order valence-electron chi connectivity index (χ0n) is 17.2. The first-order valence-corrected chi connectivity index (χ1v) is 11.3. The van der Waals surface area contributed by atoms with Crippen LogP contribution in [0, 0.1) is 0 Å². The average Bonchev–Trinajstić information content (AvgIpc) is 2.80. The lowest BCUT2D eigenvalue weighted by Crippen LogP contribution is -2.11. The van der Waals surface area contributed by atoms with E-state index in [1.807, 2.05) is 6.08 Å². The molecule has 33 heavy (non-hydrogen) atoms. The Kier molecular flexibility index (Phi) is 6.11. The van der Waals surface area contributed by atoms with Crippen molar-refractivity contribution in [1.29, 1.82) is 0 Å². The molecular formula is C23H19N5O4S. The molecule has 0 amide bonds. The van der Waals surface area contributed by atoms with Crippen molar-refractivity contribution in [2.45, 2.75) is 11.4 Å². The second-order valence-electron chi connectivity index (χ2n) is 7.14. The summed E-state index contributed by atoms with van der Waals surface area (Å²) in [5, 5.41) is 16.4. The maximum atomic E-state index is 12.3. The lowest BCUT2D eigenvalue weighted by molar-refractivity contribution is 0.452. The zero-order chi connectivity index (χ0) is 23.4. The third-order valence-corrected chi connectivity index (χ3v) is 5.77. The topological polar surface area (TPSA) is 151 Å². The first-order chi connectivity index (χ1) is 15.8. The Morgan fingerprint density at radius 3 is 2.55 bits per heavy atom. The Morgan fingerprint density at radius 2 is 1.85 bits per heavy atom. The molecule has 0 unspecified atom stereocenters. The van der Waals surface area contributed by atoms with Crippen LogP contribution in [-0.2, 0) is 16.6 Å². The number of fused-ring (bicyclic) bond motifs is 1. The highest BCUT2D eigenvalue weighted by atomic mass is 32.2. The number of H-pyrrole nitrogens is 1. The van der Waals surface area contributed by atoms with Crippen molar-refractivity contribution in [3.05, 3.63) is 93.8 Å².